The molecule has 1 fully saturated rings. The van der Waals surface area contributed by atoms with Crippen LogP contribution in [-0.4, -0.2) is 19.6 Å². The van der Waals surface area contributed by atoms with Crippen molar-refractivity contribution in [2.45, 2.75) is 65.5 Å². The number of anilines is 1. The van der Waals surface area contributed by atoms with Crippen molar-refractivity contribution in [2.75, 3.05) is 18.5 Å². The topological polar surface area (TPSA) is 15.3 Å². The van der Waals surface area contributed by atoms with Crippen molar-refractivity contribution in [3.8, 4) is 0 Å². The molecule has 0 aromatic heterocycles. The van der Waals surface area contributed by atoms with E-state index in [4.69, 9.17) is 0 Å². The van der Waals surface area contributed by atoms with E-state index in [1.54, 1.807) is 0 Å². The first-order chi connectivity index (χ1) is 10.1. The number of rotatable bonds is 6. The Kier molecular flexibility index (Phi) is 6.10. The summed E-state index contributed by atoms with van der Waals surface area (Å²) in [5.41, 5.74) is 4.22. The SMILES string of the molecule is CCCNCc1ccc(N(C)C2CCC(C)CC2)cc1C. The Labute approximate surface area is 130 Å². The maximum Gasteiger partial charge on any atom is 0.0368 e. The Morgan fingerprint density at radius 1 is 1.19 bits per heavy atom. The summed E-state index contributed by atoms with van der Waals surface area (Å²) in [4.78, 5) is 2.50. The first kappa shape index (κ1) is 16.4. The lowest BCUT2D eigenvalue weighted by Crippen LogP contribution is -2.34. The van der Waals surface area contributed by atoms with Gasteiger partial charge in [0.15, 0.2) is 0 Å². The number of aryl methyl sites for hydroxylation is 1. The van der Waals surface area contributed by atoms with E-state index < -0.39 is 0 Å². The van der Waals surface area contributed by atoms with Gasteiger partial charge in [0, 0.05) is 25.3 Å². The highest BCUT2D eigenvalue weighted by Crippen LogP contribution is 2.30. The van der Waals surface area contributed by atoms with E-state index in [0.29, 0.717) is 0 Å². The molecule has 21 heavy (non-hydrogen) atoms. The molecule has 0 radical (unpaired) electrons. The molecule has 1 saturated carbocycles. The molecule has 1 aromatic carbocycles. The van der Waals surface area contributed by atoms with Crippen LogP contribution < -0.4 is 10.2 Å². The molecule has 0 saturated heterocycles. The van der Waals surface area contributed by atoms with Crippen LogP contribution in [0.2, 0.25) is 0 Å². The molecule has 1 aromatic rings. The lowest BCUT2D eigenvalue weighted by Gasteiger charge is -2.35. The zero-order valence-electron chi connectivity index (χ0n) is 14.3. The summed E-state index contributed by atoms with van der Waals surface area (Å²) in [7, 11) is 2.27. The number of nitrogens with one attached hydrogen (secondary N) is 1. The van der Waals surface area contributed by atoms with Crippen LogP contribution in [0.15, 0.2) is 18.2 Å². The summed E-state index contributed by atoms with van der Waals surface area (Å²) >= 11 is 0. The van der Waals surface area contributed by atoms with Gasteiger partial charge in [-0.25, -0.2) is 0 Å². The van der Waals surface area contributed by atoms with Gasteiger partial charge in [-0.15, -0.1) is 0 Å². The zero-order valence-corrected chi connectivity index (χ0v) is 14.3. The number of nitrogens with zero attached hydrogens (tertiary/aromatic N) is 1. The van der Waals surface area contributed by atoms with Crippen molar-refractivity contribution in [1.29, 1.82) is 0 Å². The van der Waals surface area contributed by atoms with E-state index >= 15 is 0 Å². The predicted molar refractivity (Wildman–Crippen MR) is 93.0 cm³/mol. The second-order valence-corrected chi connectivity index (χ2v) is 6.81. The smallest absolute Gasteiger partial charge is 0.0368 e. The van der Waals surface area contributed by atoms with Gasteiger partial charge in [-0.05, 0) is 74.8 Å². The maximum atomic E-state index is 3.50. The molecule has 0 spiro atoms. The molecule has 2 nitrogen and oxygen atoms in total. The summed E-state index contributed by atoms with van der Waals surface area (Å²) < 4.78 is 0. The van der Waals surface area contributed by atoms with Crippen molar-refractivity contribution in [1.82, 2.24) is 5.32 Å². The standard InChI is InChI=1S/C19H32N2/c1-5-12-20-14-17-8-11-19(13-16(17)3)21(4)18-9-6-15(2)7-10-18/h8,11,13,15,18,20H,5-7,9-10,12,14H2,1-4H3. The van der Waals surface area contributed by atoms with E-state index in [2.05, 4.69) is 56.2 Å². The van der Waals surface area contributed by atoms with Crippen molar-refractivity contribution < 1.29 is 0 Å². The highest BCUT2D eigenvalue weighted by molar-refractivity contribution is 5.51. The van der Waals surface area contributed by atoms with Gasteiger partial charge in [0.1, 0.15) is 0 Å². The van der Waals surface area contributed by atoms with E-state index in [1.807, 2.05) is 0 Å². The molecule has 2 heteroatoms. The largest absolute Gasteiger partial charge is 0.372 e. The predicted octanol–water partition coefficient (Wildman–Crippen LogP) is 4.51. The minimum Gasteiger partial charge on any atom is -0.372 e. The molecule has 0 atom stereocenters. The highest BCUT2D eigenvalue weighted by atomic mass is 15.1. The van der Waals surface area contributed by atoms with Gasteiger partial charge in [-0.2, -0.15) is 0 Å². The average Bonchev–Trinajstić information content (AvgIpc) is 2.49. The first-order valence-electron chi connectivity index (χ1n) is 8.65. The van der Waals surface area contributed by atoms with Crippen LogP contribution in [-0.2, 0) is 6.54 Å². The molecular formula is C19H32N2. The van der Waals surface area contributed by atoms with Gasteiger partial charge in [0.05, 0.1) is 0 Å². The van der Waals surface area contributed by atoms with Gasteiger partial charge in [-0.3, -0.25) is 0 Å². The van der Waals surface area contributed by atoms with Crippen LogP contribution >= 0.6 is 0 Å². The third kappa shape index (κ3) is 4.47. The Balaban J connectivity index is 1.98. The van der Waals surface area contributed by atoms with Gasteiger partial charge in [0.2, 0.25) is 0 Å². The highest BCUT2D eigenvalue weighted by Gasteiger charge is 2.22. The van der Waals surface area contributed by atoms with Crippen LogP contribution in [0.3, 0.4) is 0 Å². The van der Waals surface area contributed by atoms with E-state index in [1.165, 1.54) is 48.9 Å². The van der Waals surface area contributed by atoms with Gasteiger partial charge in [0.25, 0.3) is 0 Å². The third-order valence-electron chi connectivity index (χ3n) is 5.01. The summed E-state index contributed by atoms with van der Waals surface area (Å²) in [6.45, 7) is 8.93. The second-order valence-electron chi connectivity index (χ2n) is 6.81. The summed E-state index contributed by atoms with van der Waals surface area (Å²) in [6.07, 6.45) is 6.65. The van der Waals surface area contributed by atoms with Crippen molar-refractivity contribution in [2.24, 2.45) is 5.92 Å². The average molecular weight is 288 g/mol. The molecule has 0 bridgehead atoms. The molecule has 0 amide bonds. The van der Waals surface area contributed by atoms with Crippen LogP contribution in [0.25, 0.3) is 0 Å². The fraction of sp³-hybridized carbons (Fsp3) is 0.684. The van der Waals surface area contributed by atoms with E-state index in [0.717, 1.165) is 25.0 Å². The molecule has 1 N–H and O–H groups in total. The summed E-state index contributed by atoms with van der Waals surface area (Å²) in [5, 5.41) is 3.50. The Hall–Kier alpha value is -1.02. The molecule has 0 heterocycles. The summed E-state index contributed by atoms with van der Waals surface area (Å²) in [6, 6.07) is 7.69. The third-order valence-corrected chi connectivity index (χ3v) is 5.01. The first-order valence-corrected chi connectivity index (χ1v) is 8.65. The van der Waals surface area contributed by atoms with Gasteiger partial charge >= 0.3 is 0 Å². The van der Waals surface area contributed by atoms with Gasteiger partial charge < -0.3 is 10.2 Å². The molecule has 1 aliphatic rings. The lowest BCUT2D eigenvalue weighted by atomic mass is 9.86. The Bertz CT molecular complexity index is 433. The minimum atomic E-state index is 0.727. The quantitative estimate of drug-likeness (QED) is 0.775. The molecule has 1 aliphatic carbocycles. The fourth-order valence-electron chi connectivity index (χ4n) is 3.34. The van der Waals surface area contributed by atoms with Crippen molar-refractivity contribution >= 4 is 5.69 Å². The lowest BCUT2D eigenvalue weighted by molar-refractivity contribution is 0.341. The molecule has 118 valence electrons. The van der Waals surface area contributed by atoms with Gasteiger partial charge in [-0.1, -0.05) is 19.9 Å². The second kappa shape index (κ2) is 7.84. The van der Waals surface area contributed by atoms with Crippen LogP contribution in [0, 0.1) is 12.8 Å². The van der Waals surface area contributed by atoms with Crippen LogP contribution in [0.5, 0.6) is 0 Å². The van der Waals surface area contributed by atoms with E-state index in [-0.39, 0.29) is 0 Å². The monoisotopic (exact) mass is 288 g/mol. The van der Waals surface area contributed by atoms with Crippen LogP contribution in [0.1, 0.15) is 57.1 Å². The fourth-order valence-corrected chi connectivity index (χ4v) is 3.34. The number of benzene rings is 1. The maximum absolute atomic E-state index is 3.50. The molecule has 2 rings (SSSR count). The van der Waals surface area contributed by atoms with Crippen molar-refractivity contribution in [3.63, 3.8) is 0 Å². The Morgan fingerprint density at radius 3 is 2.52 bits per heavy atom. The number of hydrogen-bond donors (Lipinski definition) is 1. The normalized spacial score (nSPS) is 22.3. The van der Waals surface area contributed by atoms with Crippen molar-refractivity contribution in [3.05, 3.63) is 29.3 Å². The number of hydrogen-bond acceptors (Lipinski definition) is 2. The minimum absolute atomic E-state index is 0.727. The Morgan fingerprint density at radius 2 is 1.90 bits per heavy atom. The molecular weight excluding hydrogens is 256 g/mol. The molecule has 0 aliphatic heterocycles. The van der Waals surface area contributed by atoms with E-state index in [9.17, 15) is 0 Å². The van der Waals surface area contributed by atoms with Crippen LogP contribution in [0.4, 0.5) is 5.69 Å². The summed E-state index contributed by atoms with van der Waals surface area (Å²) in [5.74, 6) is 0.920. The molecule has 0 unspecified atom stereocenters. The zero-order chi connectivity index (χ0) is 15.2.